The smallest absolute Gasteiger partial charge is 0.323 e. The van der Waals surface area contributed by atoms with Gasteiger partial charge in [-0.2, -0.15) is 5.10 Å². The number of carbonyl (C=O) groups excluding carboxylic acids is 1. The number of morpholine rings is 1. The van der Waals surface area contributed by atoms with Crippen LogP contribution in [0.25, 0.3) is 0 Å². The van der Waals surface area contributed by atoms with Gasteiger partial charge in [-0.15, -0.1) is 0 Å². The molecule has 3 heterocycles. The van der Waals surface area contributed by atoms with Crippen molar-refractivity contribution >= 4 is 11.8 Å². The predicted octanol–water partition coefficient (Wildman–Crippen LogP) is 2.11. The van der Waals surface area contributed by atoms with Gasteiger partial charge in [0.15, 0.2) is 5.82 Å². The highest BCUT2D eigenvalue weighted by atomic mass is 16.5. The number of pyridine rings is 1. The molecule has 0 radical (unpaired) electrons. The minimum Gasteiger partial charge on any atom is -0.374 e. The highest BCUT2D eigenvalue weighted by Crippen LogP contribution is 2.29. The second-order valence-electron chi connectivity index (χ2n) is 6.25. The van der Waals surface area contributed by atoms with Gasteiger partial charge in [-0.25, -0.2) is 4.79 Å². The molecule has 7 nitrogen and oxygen atoms in total. The van der Waals surface area contributed by atoms with Gasteiger partial charge >= 0.3 is 6.03 Å². The second kappa shape index (κ2) is 6.60. The molecule has 1 N–H and O–H groups in total. The minimum absolute atomic E-state index is 0.0849. The van der Waals surface area contributed by atoms with Crippen LogP contribution in [0.3, 0.4) is 0 Å². The topological polar surface area (TPSA) is 72.3 Å². The molecule has 2 aliphatic rings. The molecular formula is C17H21N5O2. The zero-order valence-electron chi connectivity index (χ0n) is 13.5. The summed E-state index contributed by atoms with van der Waals surface area (Å²) in [6.07, 6.45) is 7.00. The summed E-state index contributed by atoms with van der Waals surface area (Å²) in [6, 6.07) is 7.72. The number of hydrogen-bond donors (Lipinski definition) is 1. The van der Waals surface area contributed by atoms with Crippen molar-refractivity contribution in [1.29, 1.82) is 0 Å². The average molecular weight is 327 g/mol. The molecular weight excluding hydrogens is 306 g/mol. The van der Waals surface area contributed by atoms with Gasteiger partial charge in [-0.3, -0.25) is 15.0 Å². The Balaban J connectivity index is 1.39. The Hall–Kier alpha value is -2.41. The summed E-state index contributed by atoms with van der Waals surface area (Å²) < 4.78 is 7.53. The van der Waals surface area contributed by atoms with Crippen LogP contribution in [0.5, 0.6) is 0 Å². The molecule has 7 heteroatoms. The molecule has 126 valence electrons. The first-order valence-corrected chi connectivity index (χ1v) is 8.42. The predicted molar refractivity (Wildman–Crippen MR) is 88.7 cm³/mol. The number of urea groups is 1. The monoisotopic (exact) mass is 327 g/mol. The molecule has 1 aliphatic heterocycles. The van der Waals surface area contributed by atoms with Gasteiger partial charge in [0.05, 0.1) is 31.0 Å². The molecule has 0 unspecified atom stereocenters. The molecule has 1 aliphatic carbocycles. The lowest BCUT2D eigenvalue weighted by atomic mass is 10.1. The van der Waals surface area contributed by atoms with Crippen molar-refractivity contribution in [3.05, 3.63) is 42.4 Å². The molecule has 0 aromatic carbocycles. The number of aromatic nitrogens is 3. The number of hydrogen-bond acceptors (Lipinski definition) is 4. The van der Waals surface area contributed by atoms with E-state index in [4.69, 9.17) is 4.74 Å². The Morgan fingerprint density at radius 2 is 2.29 bits per heavy atom. The first-order chi connectivity index (χ1) is 11.8. The van der Waals surface area contributed by atoms with Crippen LogP contribution in [0.15, 0.2) is 36.7 Å². The van der Waals surface area contributed by atoms with E-state index in [1.165, 1.54) is 0 Å². The van der Waals surface area contributed by atoms with Gasteiger partial charge in [0.25, 0.3) is 0 Å². The molecule has 2 aromatic rings. The summed E-state index contributed by atoms with van der Waals surface area (Å²) in [5.41, 5.74) is 0.931. The lowest BCUT2D eigenvalue weighted by molar-refractivity contribution is -0.0362. The third-order valence-corrected chi connectivity index (χ3v) is 4.67. The first-order valence-electron chi connectivity index (χ1n) is 8.42. The number of rotatable bonds is 3. The fraction of sp³-hybridized carbons (Fsp3) is 0.471. The van der Waals surface area contributed by atoms with Crippen molar-refractivity contribution in [2.45, 2.75) is 38.0 Å². The van der Waals surface area contributed by atoms with E-state index in [9.17, 15) is 4.79 Å². The van der Waals surface area contributed by atoms with Gasteiger partial charge in [-0.1, -0.05) is 6.07 Å². The van der Waals surface area contributed by atoms with Crippen LogP contribution in [-0.2, 0) is 11.3 Å². The zero-order chi connectivity index (χ0) is 16.4. The maximum atomic E-state index is 12.6. The average Bonchev–Trinajstić information content (AvgIpc) is 3.24. The number of nitrogens with one attached hydrogen (secondary N) is 1. The lowest BCUT2D eigenvalue weighted by Crippen LogP contribution is -2.52. The van der Waals surface area contributed by atoms with Gasteiger partial charge in [0.1, 0.15) is 0 Å². The van der Waals surface area contributed by atoms with Crippen molar-refractivity contribution in [3.8, 4) is 0 Å². The van der Waals surface area contributed by atoms with Crippen LogP contribution in [-0.4, -0.2) is 51.0 Å². The summed E-state index contributed by atoms with van der Waals surface area (Å²) in [5, 5.41) is 7.32. The first kappa shape index (κ1) is 15.1. The molecule has 4 rings (SSSR count). The van der Waals surface area contributed by atoms with E-state index < -0.39 is 0 Å². The fourth-order valence-corrected chi connectivity index (χ4v) is 3.53. The van der Waals surface area contributed by atoms with E-state index in [2.05, 4.69) is 15.4 Å². The minimum atomic E-state index is -0.0849. The Morgan fingerprint density at radius 1 is 1.33 bits per heavy atom. The molecule has 1 saturated heterocycles. The van der Waals surface area contributed by atoms with E-state index in [0.717, 1.165) is 25.0 Å². The van der Waals surface area contributed by atoms with Crippen molar-refractivity contribution in [1.82, 2.24) is 19.7 Å². The molecule has 0 bridgehead atoms. The van der Waals surface area contributed by atoms with Crippen molar-refractivity contribution in [2.24, 2.45) is 0 Å². The number of fused-ring (bicyclic) bond motifs is 1. The molecule has 0 spiro atoms. The summed E-state index contributed by atoms with van der Waals surface area (Å²) in [7, 11) is 0. The largest absolute Gasteiger partial charge is 0.374 e. The Morgan fingerprint density at radius 3 is 3.17 bits per heavy atom. The fourth-order valence-electron chi connectivity index (χ4n) is 3.53. The standard InChI is InChI=1S/C17H21N5O2/c23-17(22-10-11-24-15-6-3-5-14(15)22)19-16-7-9-21(20-16)12-13-4-1-2-8-18-13/h1-2,4,7-9,14-15H,3,5-6,10-12H2,(H,19,20,23)/t14-,15-/m0/s1. The van der Waals surface area contributed by atoms with Crippen molar-refractivity contribution < 1.29 is 9.53 Å². The van der Waals surface area contributed by atoms with Crippen molar-refractivity contribution in [3.63, 3.8) is 0 Å². The molecule has 24 heavy (non-hydrogen) atoms. The van der Waals surface area contributed by atoms with Crippen LogP contribution < -0.4 is 5.32 Å². The normalized spacial score (nSPS) is 23.1. The van der Waals surface area contributed by atoms with E-state index in [1.807, 2.05) is 35.4 Å². The molecule has 2 amide bonds. The van der Waals surface area contributed by atoms with Gasteiger partial charge in [0.2, 0.25) is 0 Å². The third kappa shape index (κ3) is 3.12. The van der Waals surface area contributed by atoms with Gasteiger partial charge in [-0.05, 0) is 31.4 Å². The molecule has 2 fully saturated rings. The summed E-state index contributed by atoms with van der Waals surface area (Å²) in [6.45, 7) is 1.84. The Bertz CT molecular complexity index is 702. The Labute approximate surface area is 140 Å². The molecule has 2 aromatic heterocycles. The zero-order valence-corrected chi connectivity index (χ0v) is 13.5. The van der Waals surface area contributed by atoms with E-state index in [1.54, 1.807) is 10.9 Å². The Kier molecular flexibility index (Phi) is 4.17. The number of amides is 2. The number of anilines is 1. The molecule has 2 atom stereocenters. The maximum Gasteiger partial charge on any atom is 0.323 e. The number of carbonyl (C=O) groups is 1. The lowest BCUT2D eigenvalue weighted by Gasteiger charge is -2.37. The molecule has 1 saturated carbocycles. The van der Waals surface area contributed by atoms with Gasteiger partial charge in [0, 0.05) is 25.0 Å². The van der Waals surface area contributed by atoms with Crippen LogP contribution in [0, 0.1) is 0 Å². The van der Waals surface area contributed by atoms with Gasteiger partial charge < -0.3 is 9.64 Å². The number of nitrogens with zero attached hydrogens (tertiary/aromatic N) is 4. The summed E-state index contributed by atoms with van der Waals surface area (Å²) in [5.74, 6) is 0.567. The van der Waals surface area contributed by atoms with E-state index in [-0.39, 0.29) is 18.2 Å². The van der Waals surface area contributed by atoms with Crippen LogP contribution in [0.1, 0.15) is 25.0 Å². The van der Waals surface area contributed by atoms with E-state index >= 15 is 0 Å². The summed E-state index contributed by atoms with van der Waals surface area (Å²) in [4.78, 5) is 18.8. The van der Waals surface area contributed by atoms with Crippen LogP contribution in [0.2, 0.25) is 0 Å². The highest BCUT2D eigenvalue weighted by Gasteiger charge is 2.38. The SMILES string of the molecule is O=C(Nc1ccn(Cc2ccccn2)n1)N1CCO[C@H]2CCC[C@@H]21. The maximum absolute atomic E-state index is 12.6. The second-order valence-corrected chi connectivity index (χ2v) is 6.25. The number of ether oxygens (including phenoxy) is 1. The van der Waals surface area contributed by atoms with Crippen LogP contribution in [0.4, 0.5) is 10.6 Å². The highest BCUT2D eigenvalue weighted by molar-refractivity contribution is 5.88. The summed E-state index contributed by atoms with van der Waals surface area (Å²) >= 11 is 0. The van der Waals surface area contributed by atoms with Crippen molar-refractivity contribution in [2.75, 3.05) is 18.5 Å². The van der Waals surface area contributed by atoms with E-state index in [0.29, 0.717) is 25.5 Å². The quantitative estimate of drug-likeness (QED) is 0.937. The van der Waals surface area contributed by atoms with Crippen LogP contribution >= 0.6 is 0 Å². The third-order valence-electron chi connectivity index (χ3n) is 4.67.